The summed E-state index contributed by atoms with van der Waals surface area (Å²) in [6, 6.07) is 5.20. The van der Waals surface area contributed by atoms with E-state index >= 15 is 0 Å². The maximum absolute atomic E-state index is 11.0. The number of hydrogen-bond acceptors (Lipinski definition) is 2. The first-order valence-corrected chi connectivity index (χ1v) is 4.55. The molecule has 0 aliphatic carbocycles. The van der Waals surface area contributed by atoms with Crippen LogP contribution in [0.1, 0.15) is 5.56 Å². The number of ketones is 1. The lowest BCUT2D eigenvalue weighted by Crippen LogP contribution is -2.15. The highest BCUT2D eigenvalue weighted by Crippen LogP contribution is 2.25. The third-order valence-electron chi connectivity index (χ3n) is 1.65. The Hall–Kier alpha value is -0.570. The number of Topliss-reactive ketones (excluding diaryl/α,β-unsaturated/α-hetero) is 1. The van der Waals surface area contributed by atoms with Crippen LogP contribution in [0.2, 0.25) is 10.0 Å². The number of benzene rings is 1. The first kappa shape index (κ1) is 10.5. The molecule has 0 heterocycles. The first-order valence-electron chi connectivity index (χ1n) is 3.80. The molecule has 0 atom stereocenters. The monoisotopic (exact) mass is 217 g/mol. The molecule has 0 saturated heterocycles. The zero-order valence-corrected chi connectivity index (χ0v) is 8.40. The van der Waals surface area contributed by atoms with Crippen LogP contribution in [0.3, 0.4) is 0 Å². The lowest BCUT2D eigenvalue weighted by molar-refractivity contribution is -0.117. The summed E-state index contributed by atoms with van der Waals surface area (Å²) in [7, 11) is 0. The molecule has 0 amide bonds. The summed E-state index contributed by atoms with van der Waals surface area (Å²) in [5.74, 6) is -0.0517. The minimum absolute atomic E-state index is 0.0306. The van der Waals surface area contributed by atoms with E-state index in [0.717, 1.165) is 5.56 Å². The summed E-state index contributed by atoms with van der Waals surface area (Å²) >= 11 is 11.6. The average molecular weight is 218 g/mol. The van der Waals surface area contributed by atoms with Crippen molar-refractivity contribution in [2.24, 2.45) is 5.73 Å². The predicted octanol–water partition coefficient (Wildman–Crippen LogP) is 2.06. The molecule has 0 aromatic heterocycles. The van der Waals surface area contributed by atoms with Crippen molar-refractivity contribution in [1.29, 1.82) is 0 Å². The summed E-state index contributed by atoms with van der Waals surface area (Å²) in [6.07, 6.45) is 0.246. The van der Waals surface area contributed by atoms with Crippen molar-refractivity contribution in [2.75, 3.05) is 6.54 Å². The van der Waals surface area contributed by atoms with Gasteiger partial charge in [0.15, 0.2) is 5.78 Å². The number of carbonyl (C=O) groups is 1. The Balaban J connectivity index is 2.89. The lowest BCUT2D eigenvalue weighted by atomic mass is 10.1. The average Bonchev–Trinajstić information content (AvgIpc) is 2.13. The quantitative estimate of drug-likeness (QED) is 0.843. The van der Waals surface area contributed by atoms with Gasteiger partial charge in [-0.25, -0.2) is 0 Å². The molecule has 0 radical (unpaired) electrons. The SMILES string of the molecule is NCC(=O)Cc1cccc(Cl)c1Cl. The highest BCUT2D eigenvalue weighted by Gasteiger charge is 2.07. The van der Waals surface area contributed by atoms with Crippen molar-refractivity contribution in [2.45, 2.75) is 6.42 Å². The Morgan fingerprint density at radius 3 is 2.69 bits per heavy atom. The van der Waals surface area contributed by atoms with Crippen LogP contribution in [0, 0.1) is 0 Å². The van der Waals surface area contributed by atoms with Gasteiger partial charge in [-0.05, 0) is 11.6 Å². The van der Waals surface area contributed by atoms with Gasteiger partial charge in [-0.2, -0.15) is 0 Å². The van der Waals surface area contributed by atoms with E-state index in [0.29, 0.717) is 10.0 Å². The second-order valence-corrected chi connectivity index (χ2v) is 3.42. The fourth-order valence-corrected chi connectivity index (χ4v) is 1.36. The zero-order valence-electron chi connectivity index (χ0n) is 6.89. The van der Waals surface area contributed by atoms with Crippen molar-refractivity contribution < 1.29 is 4.79 Å². The highest BCUT2D eigenvalue weighted by molar-refractivity contribution is 6.42. The molecule has 2 nitrogen and oxygen atoms in total. The van der Waals surface area contributed by atoms with Gasteiger partial charge in [-0.1, -0.05) is 35.3 Å². The Morgan fingerprint density at radius 1 is 1.38 bits per heavy atom. The van der Waals surface area contributed by atoms with E-state index in [9.17, 15) is 4.79 Å². The molecule has 0 aliphatic rings. The van der Waals surface area contributed by atoms with Gasteiger partial charge in [0, 0.05) is 6.42 Å². The van der Waals surface area contributed by atoms with Gasteiger partial charge in [0.25, 0.3) is 0 Å². The van der Waals surface area contributed by atoms with Crippen molar-refractivity contribution in [3.8, 4) is 0 Å². The molecule has 0 unspecified atom stereocenters. The number of rotatable bonds is 3. The fourth-order valence-electron chi connectivity index (χ4n) is 0.970. The lowest BCUT2D eigenvalue weighted by Gasteiger charge is -2.03. The number of nitrogens with two attached hydrogens (primary N) is 1. The molecule has 0 fully saturated rings. The molecule has 70 valence electrons. The fraction of sp³-hybridized carbons (Fsp3) is 0.222. The van der Waals surface area contributed by atoms with E-state index in [1.54, 1.807) is 18.2 Å². The summed E-state index contributed by atoms with van der Waals surface area (Å²) in [5, 5.41) is 0.898. The Morgan fingerprint density at radius 2 is 2.08 bits per heavy atom. The summed E-state index contributed by atoms with van der Waals surface area (Å²) in [5.41, 5.74) is 5.91. The van der Waals surface area contributed by atoms with Crippen LogP contribution >= 0.6 is 23.2 Å². The van der Waals surface area contributed by atoms with Gasteiger partial charge in [0.05, 0.1) is 16.6 Å². The van der Waals surface area contributed by atoms with Gasteiger partial charge >= 0.3 is 0 Å². The maximum atomic E-state index is 11.0. The molecule has 0 saturated carbocycles. The Bertz CT molecular complexity index is 325. The predicted molar refractivity (Wildman–Crippen MR) is 54.2 cm³/mol. The zero-order chi connectivity index (χ0) is 9.84. The van der Waals surface area contributed by atoms with E-state index in [-0.39, 0.29) is 18.7 Å². The maximum Gasteiger partial charge on any atom is 0.150 e. The van der Waals surface area contributed by atoms with Crippen molar-refractivity contribution in [3.63, 3.8) is 0 Å². The third-order valence-corrected chi connectivity index (χ3v) is 2.50. The van der Waals surface area contributed by atoms with Crippen molar-refractivity contribution in [3.05, 3.63) is 33.8 Å². The number of hydrogen-bond donors (Lipinski definition) is 1. The second kappa shape index (κ2) is 4.61. The van der Waals surface area contributed by atoms with E-state index in [4.69, 9.17) is 28.9 Å². The minimum Gasteiger partial charge on any atom is -0.324 e. The molecule has 0 aliphatic heterocycles. The van der Waals surface area contributed by atoms with Crippen LogP contribution < -0.4 is 5.73 Å². The van der Waals surface area contributed by atoms with E-state index in [1.807, 2.05) is 0 Å². The summed E-state index contributed by atoms with van der Waals surface area (Å²) in [6.45, 7) is 0.0306. The summed E-state index contributed by atoms with van der Waals surface area (Å²) in [4.78, 5) is 11.0. The van der Waals surface area contributed by atoms with E-state index in [2.05, 4.69) is 0 Å². The second-order valence-electron chi connectivity index (χ2n) is 2.63. The van der Waals surface area contributed by atoms with Gasteiger partial charge in [-0.15, -0.1) is 0 Å². The molecule has 4 heteroatoms. The van der Waals surface area contributed by atoms with Gasteiger partial charge < -0.3 is 5.73 Å². The molecule has 0 spiro atoms. The third kappa shape index (κ3) is 2.69. The topological polar surface area (TPSA) is 43.1 Å². The standard InChI is InChI=1S/C9H9Cl2NO/c10-8-3-1-2-6(9(8)11)4-7(13)5-12/h1-3H,4-5,12H2. The molecular weight excluding hydrogens is 209 g/mol. The molecule has 1 aromatic rings. The van der Waals surface area contributed by atoms with Gasteiger partial charge in [0.1, 0.15) is 0 Å². The normalized spacial score (nSPS) is 10.1. The highest BCUT2D eigenvalue weighted by atomic mass is 35.5. The molecule has 2 N–H and O–H groups in total. The molecule has 1 rings (SSSR count). The van der Waals surface area contributed by atoms with Crippen LogP contribution in [0.25, 0.3) is 0 Å². The Kier molecular flexibility index (Phi) is 3.72. The van der Waals surface area contributed by atoms with Gasteiger partial charge in [-0.3, -0.25) is 4.79 Å². The number of halogens is 2. The minimum atomic E-state index is -0.0517. The van der Waals surface area contributed by atoms with E-state index < -0.39 is 0 Å². The van der Waals surface area contributed by atoms with Crippen LogP contribution in [0.4, 0.5) is 0 Å². The first-order chi connectivity index (χ1) is 6.15. The van der Waals surface area contributed by atoms with Crippen LogP contribution in [-0.4, -0.2) is 12.3 Å². The van der Waals surface area contributed by atoms with Crippen molar-refractivity contribution in [1.82, 2.24) is 0 Å². The number of carbonyl (C=O) groups excluding carboxylic acids is 1. The van der Waals surface area contributed by atoms with Crippen LogP contribution in [-0.2, 0) is 11.2 Å². The van der Waals surface area contributed by atoms with Crippen molar-refractivity contribution >= 4 is 29.0 Å². The van der Waals surface area contributed by atoms with E-state index in [1.165, 1.54) is 0 Å². The molecule has 0 bridgehead atoms. The molecular formula is C9H9Cl2NO. The smallest absolute Gasteiger partial charge is 0.150 e. The summed E-state index contributed by atoms with van der Waals surface area (Å²) < 4.78 is 0. The largest absolute Gasteiger partial charge is 0.324 e. The van der Waals surface area contributed by atoms with Crippen LogP contribution in [0.15, 0.2) is 18.2 Å². The molecule has 13 heavy (non-hydrogen) atoms. The Labute approximate surface area is 86.6 Å². The van der Waals surface area contributed by atoms with Gasteiger partial charge in [0.2, 0.25) is 0 Å². The van der Waals surface area contributed by atoms with Crippen LogP contribution in [0.5, 0.6) is 0 Å². The molecule has 1 aromatic carbocycles.